The van der Waals surface area contributed by atoms with Gasteiger partial charge in [-0.15, -0.1) is 0 Å². The highest BCUT2D eigenvalue weighted by Gasteiger charge is 1.92. The predicted octanol–water partition coefficient (Wildman–Crippen LogP) is 4.31. The minimum atomic E-state index is 1.01. The Morgan fingerprint density at radius 1 is 1.13 bits per heavy atom. The number of hydrogen-bond acceptors (Lipinski definition) is 0. The molecule has 1 rings (SSSR count). The molecule has 0 N–H and O–H groups in total. The van der Waals surface area contributed by atoms with Crippen molar-refractivity contribution >= 4 is 0 Å². The molecule has 0 heterocycles. The lowest BCUT2D eigenvalue weighted by Gasteiger charge is -2.01. The highest BCUT2D eigenvalue weighted by molar-refractivity contribution is 5.24. The zero-order valence-electron chi connectivity index (χ0n) is 9.37. The van der Waals surface area contributed by atoms with Crippen molar-refractivity contribution in [2.45, 2.75) is 19.8 Å². The summed E-state index contributed by atoms with van der Waals surface area (Å²) < 4.78 is 0. The fourth-order valence-corrected chi connectivity index (χ4v) is 1.29. The van der Waals surface area contributed by atoms with Gasteiger partial charge in [-0.2, -0.15) is 0 Å². The second-order valence-corrected chi connectivity index (χ2v) is 3.82. The van der Waals surface area contributed by atoms with E-state index in [-0.39, 0.29) is 0 Å². The summed E-state index contributed by atoms with van der Waals surface area (Å²) in [4.78, 5) is 0. The standard InChI is InChI=1S/C15H18/c1-13(2)9-10-14(3)11-12-15-7-5-4-6-8-15/h4-10H,1,3,11-12H2,2H3. The van der Waals surface area contributed by atoms with E-state index in [1.54, 1.807) is 0 Å². The van der Waals surface area contributed by atoms with Gasteiger partial charge in [-0.05, 0) is 25.3 Å². The van der Waals surface area contributed by atoms with E-state index in [0.717, 1.165) is 24.0 Å². The lowest BCUT2D eigenvalue weighted by molar-refractivity contribution is 0.969. The second kappa shape index (κ2) is 6.02. The summed E-state index contributed by atoms with van der Waals surface area (Å²) in [5.74, 6) is 0. The van der Waals surface area contributed by atoms with Gasteiger partial charge in [0.05, 0.1) is 0 Å². The summed E-state index contributed by atoms with van der Waals surface area (Å²) in [5.41, 5.74) is 3.58. The second-order valence-electron chi connectivity index (χ2n) is 3.82. The minimum Gasteiger partial charge on any atom is -0.0961 e. The van der Waals surface area contributed by atoms with Crippen LogP contribution in [0.25, 0.3) is 0 Å². The normalized spacial score (nSPS) is 10.5. The first kappa shape index (κ1) is 11.5. The SMILES string of the molecule is C=C(C)C=CC(=C)CCc1ccccc1. The minimum absolute atomic E-state index is 1.01. The van der Waals surface area contributed by atoms with Gasteiger partial charge in [-0.3, -0.25) is 0 Å². The fourth-order valence-electron chi connectivity index (χ4n) is 1.29. The van der Waals surface area contributed by atoms with Crippen molar-refractivity contribution in [3.8, 4) is 0 Å². The van der Waals surface area contributed by atoms with Gasteiger partial charge in [0.25, 0.3) is 0 Å². The molecule has 0 spiro atoms. The maximum Gasteiger partial charge on any atom is -0.0238 e. The number of hydrogen-bond donors (Lipinski definition) is 0. The van der Waals surface area contributed by atoms with Crippen LogP contribution < -0.4 is 0 Å². The molecule has 0 aliphatic carbocycles. The maximum atomic E-state index is 4.01. The maximum absolute atomic E-state index is 4.01. The van der Waals surface area contributed by atoms with E-state index in [2.05, 4.69) is 37.4 Å². The molecule has 0 unspecified atom stereocenters. The summed E-state index contributed by atoms with van der Waals surface area (Å²) in [6.45, 7) is 9.82. The van der Waals surface area contributed by atoms with Crippen molar-refractivity contribution in [1.29, 1.82) is 0 Å². The molecule has 0 aliphatic rings. The van der Waals surface area contributed by atoms with Crippen LogP contribution in [0.1, 0.15) is 18.9 Å². The smallest absolute Gasteiger partial charge is 0.0238 e. The quantitative estimate of drug-likeness (QED) is 0.618. The predicted molar refractivity (Wildman–Crippen MR) is 67.9 cm³/mol. The number of allylic oxidation sites excluding steroid dienone is 4. The first-order valence-electron chi connectivity index (χ1n) is 5.24. The van der Waals surface area contributed by atoms with Crippen molar-refractivity contribution in [3.63, 3.8) is 0 Å². The molecule has 0 fully saturated rings. The third-order valence-corrected chi connectivity index (χ3v) is 2.18. The van der Waals surface area contributed by atoms with Crippen LogP contribution in [0.4, 0.5) is 0 Å². The van der Waals surface area contributed by atoms with E-state index in [9.17, 15) is 0 Å². The van der Waals surface area contributed by atoms with Crippen LogP contribution in [-0.4, -0.2) is 0 Å². The Kier molecular flexibility index (Phi) is 4.62. The van der Waals surface area contributed by atoms with E-state index >= 15 is 0 Å². The Labute approximate surface area is 92.6 Å². The van der Waals surface area contributed by atoms with Crippen molar-refractivity contribution in [2.24, 2.45) is 0 Å². The third-order valence-electron chi connectivity index (χ3n) is 2.18. The van der Waals surface area contributed by atoms with E-state index in [0.29, 0.717) is 0 Å². The number of benzene rings is 1. The van der Waals surface area contributed by atoms with Crippen molar-refractivity contribution in [1.82, 2.24) is 0 Å². The fraction of sp³-hybridized carbons (Fsp3) is 0.200. The van der Waals surface area contributed by atoms with Gasteiger partial charge in [0, 0.05) is 0 Å². The van der Waals surface area contributed by atoms with Crippen LogP contribution in [0, 0.1) is 0 Å². The van der Waals surface area contributed by atoms with Crippen LogP contribution in [0.5, 0.6) is 0 Å². The lowest BCUT2D eigenvalue weighted by Crippen LogP contribution is -1.85. The molecule has 0 atom stereocenters. The van der Waals surface area contributed by atoms with Crippen molar-refractivity contribution in [3.05, 3.63) is 72.4 Å². The average Bonchev–Trinajstić information content (AvgIpc) is 2.25. The first-order chi connectivity index (χ1) is 7.18. The average molecular weight is 198 g/mol. The Morgan fingerprint density at radius 2 is 1.80 bits per heavy atom. The molecule has 0 saturated carbocycles. The Morgan fingerprint density at radius 3 is 2.40 bits per heavy atom. The largest absolute Gasteiger partial charge is 0.0961 e. The highest BCUT2D eigenvalue weighted by atomic mass is 14.0. The summed E-state index contributed by atoms with van der Waals surface area (Å²) in [5, 5.41) is 0. The highest BCUT2D eigenvalue weighted by Crippen LogP contribution is 2.09. The van der Waals surface area contributed by atoms with Gasteiger partial charge < -0.3 is 0 Å². The van der Waals surface area contributed by atoms with Gasteiger partial charge >= 0.3 is 0 Å². The first-order valence-corrected chi connectivity index (χ1v) is 5.24. The molecule has 15 heavy (non-hydrogen) atoms. The van der Waals surface area contributed by atoms with Crippen molar-refractivity contribution < 1.29 is 0 Å². The molecule has 0 nitrogen and oxygen atoms in total. The molecular weight excluding hydrogens is 180 g/mol. The molecule has 0 radical (unpaired) electrons. The summed E-state index contributed by atoms with van der Waals surface area (Å²) >= 11 is 0. The van der Waals surface area contributed by atoms with Crippen molar-refractivity contribution in [2.75, 3.05) is 0 Å². The summed E-state index contributed by atoms with van der Waals surface area (Å²) in [6, 6.07) is 10.5. The van der Waals surface area contributed by atoms with E-state index in [1.807, 2.05) is 25.1 Å². The summed E-state index contributed by atoms with van der Waals surface area (Å²) in [6.07, 6.45) is 6.12. The van der Waals surface area contributed by atoms with Gasteiger partial charge in [0.1, 0.15) is 0 Å². The molecule has 1 aromatic rings. The zero-order chi connectivity index (χ0) is 11.1. The molecule has 0 aliphatic heterocycles. The Bertz CT molecular complexity index is 355. The van der Waals surface area contributed by atoms with E-state index in [4.69, 9.17) is 0 Å². The van der Waals surface area contributed by atoms with Gasteiger partial charge in [0.15, 0.2) is 0 Å². The van der Waals surface area contributed by atoms with E-state index < -0.39 is 0 Å². The summed E-state index contributed by atoms with van der Waals surface area (Å²) in [7, 11) is 0. The van der Waals surface area contributed by atoms with Crippen LogP contribution in [0.2, 0.25) is 0 Å². The Balaban J connectivity index is 2.38. The van der Waals surface area contributed by atoms with Gasteiger partial charge in [0.2, 0.25) is 0 Å². The molecule has 0 amide bonds. The molecule has 1 aromatic carbocycles. The molecule has 0 aromatic heterocycles. The van der Waals surface area contributed by atoms with Crippen LogP contribution in [0.3, 0.4) is 0 Å². The Hall–Kier alpha value is -1.56. The van der Waals surface area contributed by atoms with Crippen LogP contribution in [-0.2, 0) is 6.42 Å². The molecular formula is C15H18. The van der Waals surface area contributed by atoms with Gasteiger partial charge in [-0.25, -0.2) is 0 Å². The zero-order valence-corrected chi connectivity index (χ0v) is 9.37. The molecule has 0 bridgehead atoms. The topological polar surface area (TPSA) is 0 Å². The molecule has 0 saturated heterocycles. The monoisotopic (exact) mass is 198 g/mol. The third kappa shape index (κ3) is 5.02. The van der Waals surface area contributed by atoms with Gasteiger partial charge in [-0.1, -0.05) is 66.8 Å². The molecule has 0 heteroatoms. The van der Waals surface area contributed by atoms with Crippen LogP contribution in [0.15, 0.2) is 66.8 Å². The lowest BCUT2D eigenvalue weighted by atomic mass is 10.1. The van der Waals surface area contributed by atoms with Crippen LogP contribution >= 0.6 is 0 Å². The number of rotatable bonds is 5. The number of aryl methyl sites for hydroxylation is 1. The van der Waals surface area contributed by atoms with E-state index in [1.165, 1.54) is 5.56 Å². The molecule has 78 valence electrons.